The lowest BCUT2D eigenvalue weighted by atomic mass is 9.96. The summed E-state index contributed by atoms with van der Waals surface area (Å²) in [5, 5.41) is 3.76. The number of carbonyl (C=O) groups excluding carboxylic acids is 1. The highest BCUT2D eigenvalue weighted by molar-refractivity contribution is 8.00. The topological polar surface area (TPSA) is 79.4 Å². The summed E-state index contributed by atoms with van der Waals surface area (Å²) in [6.45, 7) is 0. The molecule has 3 rings (SSSR count). The number of para-hydroxylation sites is 1. The predicted molar refractivity (Wildman–Crippen MR) is 117 cm³/mol. The Bertz CT molecular complexity index is 963. The molecule has 2 aromatic rings. The largest absolute Gasteiger partial charge is 0.324 e. The number of nitrogens with one attached hydrogen (secondary N) is 1. The van der Waals surface area contributed by atoms with Gasteiger partial charge >= 0.3 is 0 Å². The Morgan fingerprint density at radius 2 is 1.93 bits per heavy atom. The van der Waals surface area contributed by atoms with Crippen molar-refractivity contribution in [3.63, 3.8) is 0 Å². The fourth-order valence-electron chi connectivity index (χ4n) is 3.39. The van der Waals surface area contributed by atoms with Crippen molar-refractivity contribution in [3.05, 3.63) is 47.6 Å². The Labute approximate surface area is 181 Å². The van der Waals surface area contributed by atoms with Crippen molar-refractivity contribution in [2.24, 2.45) is 0 Å². The summed E-state index contributed by atoms with van der Waals surface area (Å²) in [6, 6.07) is 9.94. The standard InChI is InChI=1S/C20H24ClN3O3S2/c1-24(15-8-3-2-4-9-15)29(26,27)18-12-6-5-11-17(18)23-19(25)14-28-20-16(21)10-7-13-22-20/h5-7,10-13,15H,2-4,8-9,14H2,1H3,(H,23,25). The molecule has 1 heterocycles. The minimum absolute atomic E-state index is 0.000593. The van der Waals surface area contributed by atoms with E-state index in [0.29, 0.717) is 10.0 Å². The van der Waals surface area contributed by atoms with E-state index in [4.69, 9.17) is 11.6 Å². The lowest BCUT2D eigenvalue weighted by Crippen LogP contribution is -2.38. The van der Waals surface area contributed by atoms with E-state index < -0.39 is 10.0 Å². The van der Waals surface area contributed by atoms with E-state index in [-0.39, 0.29) is 28.3 Å². The van der Waals surface area contributed by atoms with Crippen LogP contribution in [0.2, 0.25) is 5.02 Å². The first-order valence-electron chi connectivity index (χ1n) is 9.50. The number of benzene rings is 1. The minimum Gasteiger partial charge on any atom is -0.324 e. The molecule has 1 saturated carbocycles. The molecular weight excluding hydrogens is 430 g/mol. The fourth-order valence-corrected chi connectivity index (χ4v) is 5.92. The molecule has 0 bridgehead atoms. The number of sulfonamides is 1. The summed E-state index contributed by atoms with van der Waals surface area (Å²) in [5.74, 6) is -0.247. The predicted octanol–water partition coefficient (Wildman–Crippen LogP) is 4.42. The van der Waals surface area contributed by atoms with Crippen molar-refractivity contribution >= 4 is 45.0 Å². The normalized spacial score (nSPS) is 15.4. The van der Waals surface area contributed by atoms with Gasteiger partial charge in [-0.1, -0.05) is 54.8 Å². The quantitative estimate of drug-likeness (QED) is 0.628. The molecule has 0 spiro atoms. The van der Waals surface area contributed by atoms with Gasteiger partial charge in [-0.05, 0) is 37.1 Å². The first kappa shape index (κ1) is 22.1. The number of rotatable bonds is 7. The van der Waals surface area contributed by atoms with E-state index in [0.717, 1.165) is 32.1 Å². The molecule has 0 radical (unpaired) electrons. The van der Waals surface area contributed by atoms with E-state index in [1.807, 2.05) is 0 Å². The minimum atomic E-state index is -3.71. The molecule has 1 N–H and O–H groups in total. The number of hydrogen-bond acceptors (Lipinski definition) is 5. The van der Waals surface area contributed by atoms with Crippen molar-refractivity contribution in [2.75, 3.05) is 18.1 Å². The molecule has 9 heteroatoms. The number of nitrogens with zero attached hydrogens (tertiary/aromatic N) is 2. The number of halogens is 1. The molecule has 156 valence electrons. The second kappa shape index (κ2) is 9.93. The van der Waals surface area contributed by atoms with Gasteiger partial charge in [0, 0.05) is 19.3 Å². The second-order valence-corrected chi connectivity index (χ2v) is 10.3. The molecular formula is C20H24ClN3O3S2. The van der Waals surface area contributed by atoms with E-state index in [9.17, 15) is 13.2 Å². The maximum Gasteiger partial charge on any atom is 0.245 e. The van der Waals surface area contributed by atoms with Crippen molar-refractivity contribution in [3.8, 4) is 0 Å². The molecule has 6 nitrogen and oxygen atoms in total. The number of thioether (sulfide) groups is 1. The van der Waals surface area contributed by atoms with Crippen molar-refractivity contribution in [2.45, 2.75) is 48.1 Å². The van der Waals surface area contributed by atoms with E-state index in [1.165, 1.54) is 22.1 Å². The monoisotopic (exact) mass is 453 g/mol. The summed E-state index contributed by atoms with van der Waals surface area (Å²) in [7, 11) is -2.08. The number of aromatic nitrogens is 1. The molecule has 1 aromatic heterocycles. The van der Waals surface area contributed by atoms with Crippen LogP contribution in [-0.2, 0) is 14.8 Å². The summed E-state index contributed by atoms with van der Waals surface area (Å²) < 4.78 is 27.9. The highest BCUT2D eigenvalue weighted by Gasteiger charge is 2.31. The molecule has 0 atom stereocenters. The zero-order chi connectivity index (χ0) is 20.9. The zero-order valence-electron chi connectivity index (χ0n) is 16.2. The van der Waals surface area contributed by atoms with Crippen LogP contribution in [-0.4, -0.2) is 42.5 Å². The van der Waals surface area contributed by atoms with Gasteiger partial charge in [0.05, 0.1) is 16.5 Å². The molecule has 0 unspecified atom stereocenters. The van der Waals surface area contributed by atoms with Gasteiger partial charge in [-0.2, -0.15) is 4.31 Å². The van der Waals surface area contributed by atoms with Crippen molar-refractivity contribution < 1.29 is 13.2 Å². The highest BCUT2D eigenvalue weighted by atomic mass is 35.5. The third-order valence-electron chi connectivity index (χ3n) is 4.97. The zero-order valence-corrected chi connectivity index (χ0v) is 18.6. The number of amides is 1. The van der Waals surface area contributed by atoms with Gasteiger partial charge in [-0.3, -0.25) is 4.79 Å². The van der Waals surface area contributed by atoms with Crippen molar-refractivity contribution in [1.82, 2.24) is 9.29 Å². The molecule has 1 amide bonds. The van der Waals surface area contributed by atoms with Crippen molar-refractivity contribution in [1.29, 1.82) is 0 Å². The molecule has 29 heavy (non-hydrogen) atoms. The maximum atomic E-state index is 13.2. The third-order valence-corrected chi connectivity index (χ3v) is 8.36. The van der Waals surface area contributed by atoms with Gasteiger partial charge in [0.1, 0.15) is 9.92 Å². The van der Waals surface area contributed by atoms with Crippen LogP contribution in [0.1, 0.15) is 32.1 Å². The summed E-state index contributed by atoms with van der Waals surface area (Å²) >= 11 is 7.26. The lowest BCUT2D eigenvalue weighted by molar-refractivity contribution is -0.113. The Kier molecular flexibility index (Phi) is 7.56. The Morgan fingerprint density at radius 1 is 1.21 bits per heavy atom. The van der Waals surface area contributed by atoms with Crippen LogP contribution in [0.3, 0.4) is 0 Å². The summed E-state index contributed by atoms with van der Waals surface area (Å²) in [5.41, 5.74) is 0.285. The Balaban J connectivity index is 1.72. The third kappa shape index (κ3) is 5.51. The molecule has 0 saturated heterocycles. The molecule has 1 fully saturated rings. The van der Waals surface area contributed by atoms with Gasteiger partial charge in [0.15, 0.2) is 0 Å². The fraction of sp³-hybridized carbons (Fsp3) is 0.400. The van der Waals surface area contributed by atoms with Crippen LogP contribution < -0.4 is 5.32 Å². The first-order valence-corrected chi connectivity index (χ1v) is 12.3. The maximum absolute atomic E-state index is 13.2. The lowest BCUT2D eigenvalue weighted by Gasteiger charge is -2.30. The van der Waals surface area contributed by atoms with Crippen LogP contribution in [0.15, 0.2) is 52.5 Å². The smallest absolute Gasteiger partial charge is 0.245 e. The number of hydrogen-bond donors (Lipinski definition) is 1. The Morgan fingerprint density at radius 3 is 2.66 bits per heavy atom. The van der Waals surface area contributed by atoms with Crippen LogP contribution in [0, 0.1) is 0 Å². The molecule has 1 aromatic carbocycles. The van der Waals surface area contributed by atoms with Crippen LogP contribution >= 0.6 is 23.4 Å². The SMILES string of the molecule is CN(C1CCCCC1)S(=O)(=O)c1ccccc1NC(=O)CSc1ncccc1Cl. The van der Waals surface area contributed by atoms with Gasteiger partial charge in [-0.15, -0.1) is 0 Å². The highest BCUT2D eigenvalue weighted by Crippen LogP contribution is 2.30. The molecule has 1 aliphatic carbocycles. The van der Waals surface area contributed by atoms with Gasteiger partial charge in [-0.25, -0.2) is 13.4 Å². The van der Waals surface area contributed by atoms with Crippen LogP contribution in [0.5, 0.6) is 0 Å². The van der Waals surface area contributed by atoms with Gasteiger partial charge < -0.3 is 5.32 Å². The second-order valence-electron chi connectivity index (χ2n) is 6.94. The van der Waals surface area contributed by atoms with E-state index in [1.54, 1.807) is 43.6 Å². The average molecular weight is 454 g/mol. The van der Waals surface area contributed by atoms with Crippen LogP contribution in [0.25, 0.3) is 0 Å². The summed E-state index contributed by atoms with van der Waals surface area (Å²) in [6.07, 6.45) is 6.56. The first-order chi connectivity index (χ1) is 13.9. The summed E-state index contributed by atoms with van der Waals surface area (Å²) in [4.78, 5) is 16.7. The van der Waals surface area contributed by atoms with Gasteiger partial charge in [0.25, 0.3) is 0 Å². The molecule has 0 aliphatic heterocycles. The van der Waals surface area contributed by atoms with Gasteiger partial charge in [0.2, 0.25) is 15.9 Å². The van der Waals surface area contributed by atoms with E-state index in [2.05, 4.69) is 10.3 Å². The van der Waals surface area contributed by atoms with Crippen LogP contribution in [0.4, 0.5) is 5.69 Å². The molecule has 1 aliphatic rings. The Hall–Kier alpha value is -1.61. The number of anilines is 1. The average Bonchev–Trinajstić information content (AvgIpc) is 2.73. The number of carbonyl (C=O) groups is 1. The van der Waals surface area contributed by atoms with E-state index >= 15 is 0 Å². The number of pyridine rings is 1.